The second-order valence-corrected chi connectivity index (χ2v) is 5.42. The van der Waals surface area contributed by atoms with Crippen LogP contribution in [0.15, 0.2) is 6.07 Å². The van der Waals surface area contributed by atoms with E-state index >= 15 is 0 Å². The highest BCUT2D eigenvalue weighted by atomic mass is 16.5. The highest BCUT2D eigenvalue weighted by Gasteiger charge is 2.25. The topological polar surface area (TPSA) is 59.5 Å². The first-order chi connectivity index (χ1) is 10.2. The average Bonchev–Trinajstić information content (AvgIpc) is 2.54. The summed E-state index contributed by atoms with van der Waals surface area (Å²) in [6.45, 7) is 7.39. The first kappa shape index (κ1) is 15.8. The largest absolute Gasteiger partial charge is 0.481 e. The zero-order valence-electron chi connectivity index (χ0n) is 13.4. The van der Waals surface area contributed by atoms with E-state index < -0.39 is 0 Å². The molecule has 0 bridgehead atoms. The normalized spacial score (nSPS) is 17.6. The minimum atomic E-state index is 0.542. The number of piperidine rings is 1. The van der Waals surface area contributed by atoms with Crippen LogP contribution in [0.1, 0.15) is 26.7 Å². The highest BCUT2D eigenvalue weighted by Crippen LogP contribution is 2.26. The number of hydrogen-bond acceptors (Lipinski definition) is 6. The SMILES string of the molecule is CCNC(C)C1CCN(c2nc(OC)cc(OC)n2)CC1. The second kappa shape index (κ2) is 7.45. The van der Waals surface area contributed by atoms with Crippen molar-refractivity contribution in [1.29, 1.82) is 0 Å². The third-order valence-corrected chi connectivity index (χ3v) is 4.14. The van der Waals surface area contributed by atoms with Crippen molar-refractivity contribution in [2.75, 3.05) is 38.8 Å². The van der Waals surface area contributed by atoms with Gasteiger partial charge in [-0.1, -0.05) is 6.92 Å². The molecule has 1 aliphatic rings. The first-order valence-electron chi connectivity index (χ1n) is 7.63. The molecule has 0 amide bonds. The molecule has 0 aromatic carbocycles. The van der Waals surface area contributed by atoms with Crippen LogP contribution in [0.4, 0.5) is 5.95 Å². The van der Waals surface area contributed by atoms with Gasteiger partial charge in [0, 0.05) is 19.1 Å². The molecule has 2 heterocycles. The molecule has 1 unspecified atom stereocenters. The molecule has 1 saturated heterocycles. The van der Waals surface area contributed by atoms with Gasteiger partial charge in [0.25, 0.3) is 0 Å². The monoisotopic (exact) mass is 294 g/mol. The van der Waals surface area contributed by atoms with E-state index in [2.05, 4.69) is 34.0 Å². The molecule has 1 atom stereocenters. The molecular weight excluding hydrogens is 268 g/mol. The van der Waals surface area contributed by atoms with Gasteiger partial charge in [-0.05, 0) is 32.2 Å². The summed E-state index contributed by atoms with van der Waals surface area (Å²) < 4.78 is 10.4. The molecule has 21 heavy (non-hydrogen) atoms. The molecule has 6 nitrogen and oxygen atoms in total. The smallest absolute Gasteiger partial charge is 0.231 e. The van der Waals surface area contributed by atoms with Gasteiger partial charge in [0.05, 0.1) is 20.3 Å². The Morgan fingerprint density at radius 1 is 1.24 bits per heavy atom. The lowest BCUT2D eigenvalue weighted by Gasteiger charge is -2.35. The zero-order chi connectivity index (χ0) is 15.2. The Balaban J connectivity index is 2.01. The molecule has 0 aliphatic carbocycles. The highest BCUT2D eigenvalue weighted by molar-refractivity contribution is 5.37. The van der Waals surface area contributed by atoms with Gasteiger partial charge < -0.3 is 19.7 Å². The number of nitrogens with zero attached hydrogens (tertiary/aromatic N) is 3. The molecule has 0 spiro atoms. The van der Waals surface area contributed by atoms with Gasteiger partial charge in [-0.2, -0.15) is 9.97 Å². The Bertz CT molecular complexity index is 425. The van der Waals surface area contributed by atoms with Gasteiger partial charge in [-0.25, -0.2) is 0 Å². The van der Waals surface area contributed by atoms with E-state index in [1.54, 1.807) is 20.3 Å². The zero-order valence-corrected chi connectivity index (χ0v) is 13.4. The van der Waals surface area contributed by atoms with E-state index in [9.17, 15) is 0 Å². The van der Waals surface area contributed by atoms with E-state index in [4.69, 9.17) is 9.47 Å². The van der Waals surface area contributed by atoms with Crippen LogP contribution in [0.3, 0.4) is 0 Å². The Hall–Kier alpha value is -1.56. The van der Waals surface area contributed by atoms with E-state index in [-0.39, 0.29) is 0 Å². The number of ether oxygens (including phenoxy) is 2. The number of hydrogen-bond donors (Lipinski definition) is 1. The lowest BCUT2D eigenvalue weighted by atomic mass is 9.90. The first-order valence-corrected chi connectivity index (χ1v) is 7.63. The molecule has 0 saturated carbocycles. The molecule has 1 aliphatic heterocycles. The van der Waals surface area contributed by atoms with Crippen LogP contribution in [-0.4, -0.2) is 49.9 Å². The van der Waals surface area contributed by atoms with Crippen LogP contribution < -0.4 is 19.7 Å². The van der Waals surface area contributed by atoms with Crippen molar-refractivity contribution in [2.24, 2.45) is 5.92 Å². The Morgan fingerprint density at radius 2 is 1.81 bits per heavy atom. The lowest BCUT2D eigenvalue weighted by Crippen LogP contribution is -2.42. The van der Waals surface area contributed by atoms with Gasteiger partial charge in [-0.3, -0.25) is 0 Å². The molecule has 1 aromatic heterocycles. The fraction of sp³-hybridized carbons (Fsp3) is 0.733. The lowest BCUT2D eigenvalue weighted by molar-refractivity contribution is 0.311. The van der Waals surface area contributed by atoms with Crippen LogP contribution >= 0.6 is 0 Å². The van der Waals surface area contributed by atoms with E-state index in [1.807, 2.05) is 0 Å². The summed E-state index contributed by atoms with van der Waals surface area (Å²) in [6, 6.07) is 2.27. The van der Waals surface area contributed by atoms with Crippen molar-refractivity contribution in [3.63, 3.8) is 0 Å². The van der Waals surface area contributed by atoms with Crippen molar-refractivity contribution in [1.82, 2.24) is 15.3 Å². The number of anilines is 1. The minimum Gasteiger partial charge on any atom is -0.481 e. The Labute approximate surface area is 126 Å². The predicted molar refractivity (Wildman–Crippen MR) is 83.2 cm³/mol. The van der Waals surface area contributed by atoms with Crippen LogP contribution in [-0.2, 0) is 0 Å². The number of aromatic nitrogens is 2. The van der Waals surface area contributed by atoms with Crippen molar-refractivity contribution >= 4 is 5.95 Å². The van der Waals surface area contributed by atoms with E-state index in [0.29, 0.717) is 29.7 Å². The molecule has 6 heteroatoms. The summed E-state index contributed by atoms with van der Waals surface area (Å²) in [6.07, 6.45) is 2.30. The quantitative estimate of drug-likeness (QED) is 0.862. The molecule has 1 fully saturated rings. The molecular formula is C15H26N4O2. The predicted octanol–water partition coefficient (Wildman–Crippen LogP) is 1.71. The fourth-order valence-corrected chi connectivity index (χ4v) is 2.83. The van der Waals surface area contributed by atoms with Crippen LogP contribution in [0.5, 0.6) is 11.8 Å². The molecule has 118 valence electrons. The third kappa shape index (κ3) is 3.97. The minimum absolute atomic E-state index is 0.542. The van der Waals surface area contributed by atoms with Crippen molar-refractivity contribution < 1.29 is 9.47 Å². The third-order valence-electron chi connectivity index (χ3n) is 4.14. The van der Waals surface area contributed by atoms with Gasteiger partial charge in [0.1, 0.15) is 0 Å². The summed E-state index contributed by atoms with van der Waals surface area (Å²) in [7, 11) is 3.21. The second-order valence-electron chi connectivity index (χ2n) is 5.42. The molecule has 0 radical (unpaired) electrons. The maximum atomic E-state index is 5.21. The summed E-state index contributed by atoms with van der Waals surface area (Å²) in [4.78, 5) is 11.1. The fourth-order valence-electron chi connectivity index (χ4n) is 2.83. The standard InChI is InChI=1S/C15H26N4O2/c1-5-16-11(2)12-6-8-19(9-7-12)15-17-13(20-3)10-14(18-15)21-4/h10-12,16H,5-9H2,1-4H3. The molecule has 1 N–H and O–H groups in total. The summed E-state index contributed by atoms with van der Waals surface area (Å²) >= 11 is 0. The van der Waals surface area contributed by atoms with Gasteiger partial charge in [0.2, 0.25) is 17.7 Å². The number of methoxy groups -OCH3 is 2. The van der Waals surface area contributed by atoms with Gasteiger partial charge >= 0.3 is 0 Å². The van der Waals surface area contributed by atoms with Gasteiger partial charge in [-0.15, -0.1) is 0 Å². The van der Waals surface area contributed by atoms with E-state index in [0.717, 1.165) is 32.5 Å². The maximum absolute atomic E-state index is 5.21. The Kier molecular flexibility index (Phi) is 5.61. The van der Waals surface area contributed by atoms with Gasteiger partial charge in [0.15, 0.2) is 0 Å². The molecule has 2 rings (SSSR count). The van der Waals surface area contributed by atoms with Crippen molar-refractivity contribution in [2.45, 2.75) is 32.7 Å². The van der Waals surface area contributed by atoms with Crippen molar-refractivity contribution in [3.8, 4) is 11.8 Å². The summed E-state index contributed by atoms with van der Waals surface area (Å²) in [5, 5.41) is 3.52. The summed E-state index contributed by atoms with van der Waals surface area (Å²) in [5.74, 6) is 2.49. The van der Waals surface area contributed by atoms with Crippen molar-refractivity contribution in [3.05, 3.63) is 6.07 Å². The van der Waals surface area contributed by atoms with Crippen LogP contribution in [0, 0.1) is 5.92 Å². The molecule has 1 aromatic rings. The van der Waals surface area contributed by atoms with Crippen LogP contribution in [0.25, 0.3) is 0 Å². The number of nitrogens with one attached hydrogen (secondary N) is 1. The Morgan fingerprint density at radius 3 is 2.29 bits per heavy atom. The maximum Gasteiger partial charge on any atom is 0.231 e. The average molecular weight is 294 g/mol. The number of rotatable bonds is 6. The van der Waals surface area contributed by atoms with E-state index in [1.165, 1.54) is 0 Å². The summed E-state index contributed by atoms with van der Waals surface area (Å²) in [5.41, 5.74) is 0. The van der Waals surface area contributed by atoms with Crippen LogP contribution in [0.2, 0.25) is 0 Å².